The number of carbonyl (C=O) groups is 1. The van der Waals surface area contributed by atoms with Crippen molar-refractivity contribution < 1.29 is 9.18 Å². The molecule has 5 heteroatoms. The monoisotopic (exact) mass is 409 g/mol. The highest BCUT2D eigenvalue weighted by atomic mass is 19.1. The van der Waals surface area contributed by atoms with Crippen molar-refractivity contribution in [3.05, 3.63) is 65.5 Å². The molecular weight excluding hydrogens is 377 g/mol. The van der Waals surface area contributed by atoms with Crippen LogP contribution in [0.4, 0.5) is 10.1 Å². The Morgan fingerprint density at radius 1 is 1.07 bits per heavy atom. The van der Waals surface area contributed by atoms with Gasteiger partial charge in [-0.05, 0) is 68.0 Å². The summed E-state index contributed by atoms with van der Waals surface area (Å²) in [6.45, 7) is 8.25. The van der Waals surface area contributed by atoms with E-state index in [9.17, 15) is 9.18 Å². The molecule has 30 heavy (non-hydrogen) atoms. The first-order valence-electron chi connectivity index (χ1n) is 11.2. The third kappa shape index (κ3) is 5.20. The highest BCUT2D eigenvalue weighted by Crippen LogP contribution is 2.48. The van der Waals surface area contributed by atoms with Crippen LogP contribution in [0.1, 0.15) is 36.3 Å². The minimum absolute atomic E-state index is 0.0518. The van der Waals surface area contributed by atoms with Crippen LogP contribution >= 0.6 is 0 Å². The number of amides is 1. The molecule has 0 radical (unpaired) electrons. The van der Waals surface area contributed by atoms with Crippen LogP contribution in [-0.2, 0) is 4.79 Å². The zero-order valence-electron chi connectivity index (χ0n) is 17.8. The van der Waals surface area contributed by atoms with Crippen molar-refractivity contribution in [2.75, 3.05) is 44.2 Å². The highest BCUT2D eigenvalue weighted by molar-refractivity contribution is 5.82. The van der Waals surface area contributed by atoms with Crippen molar-refractivity contribution in [2.24, 2.45) is 5.92 Å². The molecular formula is C25H32FN3O. The van der Waals surface area contributed by atoms with Gasteiger partial charge >= 0.3 is 0 Å². The first-order chi connectivity index (χ1) is 14.6. The van der Waals surface area contributed by atoms with Gasteiger partial charge in [0, 0.05) is 44.3 Å². The number of aryl methyl sites for hydroxylation is 1. The Morgan fingerprint density at radius 3 is 2.63 bits per heavy atom. The van der Waals surface area contributed by atoms with Crippen LogP contribution in [0.25, 0.3) is 0 Å². The summed E-state index contributed by atoms with van der Waals surface area (Å²) in [6, 6.07) is 15.5. The maximum Gasteiger partial charge on any atom is 0.223 e. The van der Waals surface area contributed by atoms with E-state index in [0.29, 0.717) is 12.1 Å². The highest BCUT2D eigenvalue weighted by Gasteiger charge is 2.44. The molecule has 0 spiro atoms. The number of hydrogen-bond acceptors (Lipinski definition) is 3. The molecule has 1 aliphatic carbocycles. The molecule has 4 nitrogen and oxygen atoms in total. The van der Waals surface area contributed by atoms with Crippen molar-refractivity contribution in [3.63, 3.8) is 0 Å². The molecule has 2 aromatic carbocycles. The number of carbonyl (C=O) groups excluding carboxylic acids is 1. The predicted octanol–water partition coefficient (Wildman–Crippen LogP) is 3.96. The number of hydrogen-bond donors (Lipinski definition) is 1. The second kappa shape index (κ2) is 9.61. The van der Waals surface area contributed by atoms with Gasteiger partial charge in [0.05, 0.1) is 0 Å². The topological polar surface area (TPSA) is 35.6 Å². The lowest BCUT2D eigenvalue weighted by atomic mass is 10.1. The molecule has 4 rings (SSSR count). The van der Waals surface area contributed by atoms with Gasteiger partial charge in [0.2, 0.25) is 5.91 Å². The first-order valence-corrected chi connectivity index (χ1v) is 11.2. The quantitative estimate of drug-likeness (QED) is 0.671. The van der Waals surface area contributed by atoms with E-state index < -0.39 is 0 Å². The SMILES string of the molecule is Cc1cccc(N2CCN(CCCCNC(=O)C3CC3c3ccccc3F)CC2)c1. The Kier molecular flexibility index (Phi) is 6.68. The summed E-state index contributed by atoms with van der Waals surface area (Å²) in [4.78, 5) is 17.3. The molecule has 1 saturated carbocycles. The van der Waals surface area contributed by atoms with Gasteiger partial charge in [0.1, 0.15) is 5.82 Å². The molecule has 2 fully saturated rings. The maximum atomic E-state index is 13.8. The zero-order chi connectivity index (χ0) is 20.9. The first kappa shape index (κ1) is 20.9. The number of unbranched alkanes of at least 4 members (excludes halogenated alkanes) is 1. The minimum atomic E-state index is -0.194. The second-order valence-corrected chi connectivity index (χ2v) is 8.64. The number of nitrogens with zero attached hydrogens (tertiary/aromatic N) is 2. The van der Waals surface area contributed by atoms with E-state index in [1.165, 1.54) is 17.3 Å². The normalized spacial score (nSPS) is 21.5. The standard InChI is InChI=1S/C25H32FN3O/c1-19-7-6-8-20(17-19)29-15-13-28(14-16-29)12-5-4-11-27-25(30)23-18-22(23)21-9-2-3-10-24(21)26/h2-3,6-10,17,22-23H,4-5,11-16,18H2,1H3,(H,27,30). The molecule has 1 heterocycles. The largest absolute Gasteiger partial charge is 0.369 e. The number of nitrogens with one attached hydrogen (secondary N) is 1. The number of rotatable bonds is 8. The van der Waals surface area contributed by atoms with Crippen LogP contribution in [0, 0.1) is 18.7 Å². The van der Waals surface area contributed by atoms with Crippen LogP contribution in [0.3, 0.4) is 0 Å². The van der Waals surface area contributed by atoms with Gasteiger partial charge in [0.15, 0.2) is 0 Å². The Bertz CT molecular complexity index is 863. The Morgan fingerprint density at radius 2 is 1.87 bits per heavy atom. The molecule has 2 unspecified atom stereocenters. The molecule has 1 N–H and O–H groups in total. The van der Waals surface area contributed by atoms with Crippen molar-refractivity contribution >= 4 is 11.6 Å². The van der Waals surface area contributed by atoms with E-state index >= 15 is 0 Å². The molecule has 2 aromatic rings. The lowest BCUT2D eigenvalue weighted by molar-refractivity contribution is -0.122. The fraction of sp³-hybridized carbons (Fsp3) is 0.480. The predicted molar refractivity (Wildman–Crippen MR) is 119 cm³/mol. The summed E-state index contributed by atoms with van der Waals surface area (Å²) in [5.41, 5.74) is 3.32. The van der Waals surface area contributed by atoms with Crippen LogP contribution < -0.4 is 10.2 Å². The van der Waals surface area contributed by atoms with Gasteiger partial charge in [-0.25, -0.2) is 4.39 Å². The average molecular weight is 410 g/mol. The van der Waals surface area contributed by atoms with Crippen LogP contribution in [0.15, 0.2) is 48.5 Å². The second-order valence-electron chi connectivity index (χ2n) is 8.64. The van der Waals surface area contributed by atoms with Gasteiger partial charge in [-0.15, -0.1) is 0 Å². The van der Waals surface area contributed by atoms with E-state index in [-0.39, 0.29) is 23.6 Å². The Labute approximate surface area is 179 Å². The van der Waals surface area contributed by atoms with Crippen molar-refractivity contribution in [1.29, 1.82) is 0 Å². The Balaban J connectivity index is 1.09. The van der Waals surface area contributed by atoms with Crippen LogP contribution in [0.5, 0.6) is 0 Å². The smallest absolute Gasteiger partial charge is 0.223 e. The third-order valence-electron chi connectivity index (χ3n) is 6.37. The maximum absolute atomic E-state index is 13.8. The number of benzene rings is 2. The van der Waals surface area contributed by atoms with Gasteiger partial charge in [-0.2, -0.15) is 0 Å². The van der Waals surface area contributed by atoms with Gasteiger partial charge in [-0.1, -0.05) is 30.3 Å². The van der Waals surface area contributed by atoms with Gasteiger partial charge < -0.3 is 10.2 Å². The molecule has 2 aliphatic rings. The molecule has 2 atom stereocenters. The number of anilines is 1. The Hall–Kier alpha value is -2.40. The average Bonchev–Trinajstić information content (AvgIpc) is 3.55. The number of piperazine rings is 1. The third-order valence-corrected chi connectivity index (χ3v) is 6.37. The van der Waals surface area contributed by atoms with Crippen molar-refractivity contribution in [3.8, 4) is 0 Å². The lowest BCUT2D eigenvalue weighted by Gasteiger charge is -2.36. The summed E-state index contributed by atoms with van der Waals surface area (Å²) in [5, 5.41) is 3.05. The number of halogens is 1. The fourth-order valence-electron chi connectivity index (χ4n) is 4.46. The van der Waals surface area contributed by atoms with E-state index in [0.717, 1.165) is 52.0 Å². The van der Waals surface area contributed by atoms with Crippen LogP contribution in [0.2, 0.25) is 0 Å². The van der Waals surface area contributed by atoms with Crippen molar-refractivity contribution in [2.45, 2.75) is 32.1 Å². The fourth-order valence-corrected chi connectivity index (χ4v) is 4.46. The van der Waals surface area contributed by atoms with E-state index in [1.54, 1.807) is 12.1 Å². The summed E-state index contributed by atoms with van der Waals surface area (Å²) < 4.78 is 13.8. The van der Waals surface area contributed by atoms with Gasteiger partial charge in [-0.3, -0.25) is 9.69 Å². The zero-order valence-corrected chi connectivity index (χ0v) is 17.8. The molecule has 160 valence electrons. The minimum Gasteiger partial charge on any atom is -0.369 e. The molecule has 0 aromatic heterocycles. The molecule has 0 bridgehead atoms. The summed E-state index contributed by atoms with van der Waals surface area (Å²) in [5.74, 6) is -0.122. The summed E-state index contributed by atoms with van der Waals surface area (Å²) in [7, 11) is 0. The van der Waals surface area contributed by atoms with Crippen molar-refractivity contribution in [1.82, 2.24) is 10.2 Å². The van der Waals surface area contributed by atoms with E-state index in [1.807, 2.05) is 6.07 Å². The molecule has 1 saturated heterocycles. The van der Waals surface area contributed by atoms with E-state index in [2.05, 4.69) is 46.3 Å². The summed E-state index contributed by atoms with van der Waals surface area (Å²) in [6.07, 6.45) is 2.84. The molecule has 1 amide bonds. The lowest BCUT2D eigenvalue weighted by Crippen LogP contribution is -2.46. The molecule has 1 aliphatic heterocycles. The van der Waals surface area contributed by atoms with Gasteiger partial charge in [0.25, 0.3) is 0 Å². The van der Waals surface area contributed by atoms with Crippen LogP contribution in [-0.4, -0.2) is 50.1 Å². The summed E-state index contributed by atoms with van der Waals surface area (Å²) >= 11 is 0. The van der Waals surface area contributed by atoms with E-state index in [4.69, 9.17) is 0 Å².